The number of hydrogen-bond donors (Lipinski definition) is 2. The first-order chi connectivity index (χ1) is 6.54. The Hall–Kier alpha value is -0.280. The highest BCUT2D eigenvalue weighted by Crippen LogP contribution is 2.34. The van der Waals surface area contributed by atoms with E-state index in [-0.39, 0.29) is 29.8 Å². The minimum Gasteiger partial charge on any atom is -0.352 e. The van der Waals surface area contributed by atoms with E-state index in [2.05, 4.69) is 31.4 Å². The Balaban J connectivity index is 0.00000112. The lowest BCUT2D eigenvalue weighted by Gasteiger charge is -2.44. The second-order valence-electron chi connectivity index (χ2n) is 5.32. The third-order valence-electron chi connectivity index (χ3n) is 3.58. The van der Waals surface area contributed by atoms with Crippen LogP contribution in [0, 0.1) is 11.3 Å². The molecule has 3 atom stereocenters. The Morgan fingerprint density at radius 2 is 2.20 bits per heavy atom. The van der Waals surface area contributed by atoms with Crippen molar-refractivity contribution >= 4 is 18.3 Å². The van der Waals surface area contributed by atoms with Crippen molar-refractivity contribution in [2.45, 2.75) is 45.7 Å². The number of hydrogen-bond acceptors (Lipinski definition) is 2. The summed E-state index contributed by atoms with van der Waals surface area (Å²) >= 11 is 0. The molecule has 0 aromatic heterocycles. The largest absolute Gasteiger partial charge is 0.352 e. The Kier molecular flexibility index (Phi) is 3.67. The van der Waals surface area contributed by atoms with Crippen molar-refractivity contribution in [3.8, 4) is 0 Å². The molecule has 2 fully saturated rings. The standard InChI is InChI=1S/C11H20N2O.ClH/c1-4-7-5-8(7)13-10(14)9-11(2,3)6-12-9;/h7-9,12H,4-6H2,1-3H3,(H,13,14);1H. The number of amides is 1. The average molecular weight is 233 g/mol. The van der Waals surface area contributed by atoms with Gasteiger partial charge < -0.3 is 10.6 Å². The van der Waals surface area contributed by atoms with Crippen molar-refractivity contribution in [2.75, 3.05) is 6.54 Å². The van der Waals surface area contributed by atoms with E-state index >= 15 is 0 Å². The van der Waals surface area contributed by atoms with Gasteiger partial charge in [-0.05, 0) is 12.3 Å². The molecule has 0 aromatic carbocycles. The van der Waals surface area contributed by atoms with E-state index < -0.39 is 0 Å². The molecule has 2 rings (SSSR count). The predicted molar refractivity (Wildman–Crippen MR) is 63.1 cm³/mol. The number of nitrogens with one attached hydrogen (secondary N) is 2. The molecule has 3 nitrogen and oxygen atoms in total. The topological polar surface area (TPSA) is 41.1 Å². The summed E-state index contributed by atoms with van der Waals surface area (Å²) in [6.07, 6.45) is 2.36. The van der Waals surface area contributed by atoms with Gasteiger partial charge in [0.05, 0.1) is 6.04 Å². The van der Waals surface area contributed by atoms with Crippen molar-refractivity contribution in [3.05, 3.63) is 0 Å². The van der Waals surface area contributed by atoms with Crippen LogP contribution in [0.3, 0.4) is 0 Å². The maximum absolute atomic E-state index is 11.8. The zero-order valence-electron chi connectivity index (χ0n) is 9.67. The van der Waals surface area contributed by atoms with E-state index in [1.807, 2.05) is 0 Å². The van der Waals surface area contributed by atoms with Crippen molar-refractivity contribution in [3.63, 3.8) is 0 Å². The minimum absolute atomic E-state index is 0. The number of carbonyl (C=O) groups is 1. The van der Waals surface area contributed by atoms with Gasteiger partial charge in [0.25, 0.3) is 0 Å². The molecule has 4 heteroatoms. The second-order valence-corrected chi connectivity index (χ2v) is 5.32. The van der Waals surface area contributed by atoms with Gasteiger partial charge in [-0.3, -0.25) is 4.79 Å². The molecule has 2 N–H and O–H groups in total. The quantitative estimate of drug-likeness (QED) is 0.771. The van der Waals surface area contributed by atoms with E-state index in [9.17, 15) is 4.79 Å². The van der Waals surface area contributed by atoms with Gasteiger partial charge in [0.15, 0.2) is 0 Å². The molecule has 0 spiro atoms. The first-order valence-corrected chi connectivity index (χ1v) is 5.58. The third kappa shape index (κ3) is 2.45. The van der Waals surface area contributed by atoms with E-state index in [1.54, 1.807) is 0 Å². The fourth-order valence-corrected chi connectivity index (χ4v) is 2.20. The lowest BCUT2D eigenvalue weighted by molar-refractivity contribution is -0.129. The Labute approximate surface area is 97.8 Å². The van der Waals surface area contributed by atoms with Crippen LogP contribution in [0.4, 0.5) is 0 Å². The summed E-state index contributed by atoms with van der Waals surface area (Å²) in [7, 11) is 0. The van der Waals surface area contributed by atoms with Crippen LogP contribution in [0.2, 0.25) is 0 Å². The van der Waals surface area contributed by atoms with Crippen LogP contribution in [-0.4, -0.2) is 24.5 Å². The number of rotatable bonds is 3. The fraction of sp³-hybridized carbons (Fsp3) is 0.909. The number of carbonyl (C=O) groups excluding carboxylic acids is 1. The summed E-state index contributed by atoms with van der Waals surface area (Å²) in [5, 5.41) is 6.30. The van der Waals surface area contributed by atoms with Crippen LogP contribution in [0.1, 0.15) is 33.6 Å². The summed E-state index contributed by atoms with van der Waals surface area (Å²) in [6.45, 7) is 7.41. The molecule has 3 unspecified atom stereocenters. The van der Waals surface area contributed by atoms with E-state index in [0.717, 1.165) is 12.5 Å². The highest BCUT2D eigenvalue weighted by molar-refractivity contribution is 5.85. The normalized spacial score (nSPS) is 36.1. The SMILES string of the molecule is CCC1CC1NC(=O)C1NCC1(C)C.Cl. The van der Waals surface area contributed by atoms with Gasteiger partial charge in [0.1, 0.15) is 0 Å². The highest BCUT2D eigenvalue weighted by atomic mass is 35.5. The van der Waals surface area contributed by atoms with Gasteiger partial charge in [-0.2, -0.15) is 0 Å². The zero-order chi connectivity index (χ0) is 10.3. The Bertz CT molecular complexity index is 255. The molecule has 0 aromatic rings. The van der Waals surface area contributed by atoms with Crippen LogP contribution in [0.5, 0.6) is 0 Å². The molecule has 1 amide bonds. The lowest BCUT2D eigenvalue weighted by atomic mass is 9.77. The monoisotopic (exact) mass is 232 g/mol. The molecule has 15 heavy (non-hydrogen) atoms. The van der Waals surface area contributed by atoms with Crippen molar-refractivity contribution in [1.29, 1.82) is 0 Å². The highest BCUT2D eigenvalue weighted by Gasteiger charge is 2.45. The summed E-state index contributed by atoms with van der Waals surface area (Å²) in [5.74, 6) is 0.935. The van der Waals surface area contributed by atoms with Crippen molar-refractivity contribution in [1.82, 2.24) is 10.6 Å². The first-order valence-electron chi connectivity index (χ1n) is 5.58. The minimum atomic E-state index is 0. The average Bonchev–Trinajstić information content (AvgIpc) is 2.81. The van der Waals surface area contributed by atoms with Gasteiger partial charge in [0.2, 0.25) is 5.91 Å². The Morgan fingerprint density at radius 1 is 1.53 bits per heavy atom. The van der Waals surface area contributed by atoms with Gasteiger partial charge >= 0.3 is 0 Å². The molecular formula is C11H21ClN2O. The molecule has 88 valence electrons. The smallest absolute Gasteiger partial charge is 0.237 e. The van der Waals surface area contributed by atoms with Gasteiger partial charge in [0, 0.05) is 18.0 Å². The van der Waals surface area contributed by atoms with Crippen molar-refractivity contribution < 1.29 is 4.79 Å². The molecule has 0 radical (unpaired) electrons. The molecule has 1 aliphatic heterocycles. The first kappa shape index (κ1) is 12.8. The van der Waals surface area contributed by atoms with Crippen LogP contribution < -0.4 is 10.6 Å². The summed E-state index contributed by atoms with van der Waals surface area (Å²) < 4.78 is 0. The summed E-state index contributed by atoms with van der Waals surface area (Å²) in [6, 6.07) is 0.492. The maximum atomic E-state index is 11.8. The van der Waals surface area contributed by atoms with Gasteiger partial charge in [-0.1, -0.05) is 27.2 Å². The van der Waals surface area contributed by atoms with E-state index in [4.69, 9.17) is 0 Å². The van der Waals surface area contributed by atoms with Crippen LogP contribution in [0.25, 0.3) is 0 Å². The summed E-state index contributed by atoms with van der Waals surface area (Å²) in [5.41, 5.74) is 0.140. The molecule has 1 saturated heterocycles. The van der Waals surface area contributed by atoms with Gasteiger partial charge in [-0.25, -0.2) is 0 Å². The summed E-state index contributed by atoms with van der Waals surface area (Å²) in [4.78, 5) is 11.8. The Morgan fingerprint density at radius 3 is 2.53 bits per heavy atom. The van der Waals surface area contributed by atoms with Crippen LogP contribution in [-0.2, 0) is 4.79 Å². The van der Waals surface area contributed by atoms with E-state index in [1.165, 1.54) is 12.8 Å². The number of halogens is 1. The second kappa shape index (κ2) is 4.30. The predicted octanol–water partition coefficient (Wildman–Crippen LogP) is 1.32. The molecule has 0 bridgehead atoms. The molecule has 1 heterocycles. The third-order valence-corrected chi connectivity index (χ3v) is 3.58. The fourth-order valence-electron chi connectivity index (χ4n) is 2.20. The van der Waals surface area contributed by atoms with Gasteiger partial charge in [-0.15, -0.1) is 12.4 Å². The molecule has 1 saturated carbocycles. The molecular weight excluding hydrogens is 212 g/mol. The lowest BCUT2D eigenvalue weighted by Crippen LogP contribution is -2.65. The van der Waals surface area contributed by atoms with E-state index in [0.29, 0.717) is 6.04 Å². The maximum Gasteiger partial charge on any atom is 0.237 e. The van der Waals surface area contributed by atoms with Crippen LogP contribution >= 0.6 is 12.4 Å². The molecule has 2 aliphatic rings. The van der Waals surface area contributed by atoms with Crippen LogP contribution in [0.15, 0.2) is 0 Å². The molecule has 1 aliphatic carbocycles. The van der Waals surface area contributed by atoms with Crippen molar-refractivity contribution in [2.24, 2.45) is 11.3 Å². The zero-order valence-corrected chi connectivity index (χ0v) is 10.5.